The van der Waals surface area contributed by atoms with Crippen LogP contribution in [0.5, 0.6) is 46.0 Å². The number of rotatable bonds is 14. The van der Waals surface area contributed by atoms with E-state index in [1.165, 1.54) is 62.5 Å². The van der Waals surface area contributed by atoms with Gasteiger partial charge in [0.25, 0.3) is 0 Å². The summed E-state index contributed by atoms with van der Waals surface area (Å²) in [6.45, 7) is 33.4. The van der Waals surface area contributed by atoms with Crippen LogP contribution < -0.4 is 28.4 Å². The summed E-state index contributed by atoms with van der Waals surface area (Å²) in [5, 5.41) is 0. The second kappa shape index (κ2) is 16.3. The Morgan fingerprint density at radius 1 is 0.342 bits per heavy atom. The van der Waals surface area contributed by atoms with Gasteiger partial charge in [-0.1, -0.05) is 147 Å². The average Bonchev–Trinajstić information content (AvgIpc) is 4.23. The van der Waals surface area contributed by atoms with Gasteiger partial charge in [0, 0.05) is 62.9 Å². The molecule has 0 heterocycles. The highest BCUT2D eigenvalue weighted by Crippen LogP contribution is 2.75. The summed E-state index contributed by atoms with van der Waals surface area (Å²) in [5.41, 5.74) is 2.05. The fraction of sp³-hybridized carbons (Fsp3) is 0.642. The lowest BCUT2D eigenvalue weighted by atomic mass is 9.78. The predicted octanol–water partition coefficient (Wildman–Crippen LogP) is 18.0. The zero-order chi connectivity index (χ0) is 51.5. The van der Waals surface area contributed by atoms with Crippen LogP contribution in [0.2, 0.25) is 0 Å². The van der Waals surface area contributed by atoms with Crippen LogP contribution >= 0.6 is 0 Å². The first-order valence-corrected chi connectivity index (χ1v) is 29.0. The zero-order valence-electron chi connectivity index (χ0n) is 47.1. The Bertz CT molecular complexity index is 2580. The molecule has 0 aromatic heterocycles. The summed E-state index contributed by atoms with van der Waals surface area (Å²) in [5.74, 6) is 11.4. The summed E-state index contributed by atoms with van der Waals surface area (Å²) >= 11 is 0. The van der Waals surface area contributed by atoms with E-state index in [-0.39, 0.29) is 49.5 Å². The minimum absolute atomic E-state index is 0.123. The topological polar surface area (TPSA) is 55.4 Å². The highest BCUT2D eigenvalue weighted by atomic mass is 16.6. The normalized spacial score (nSPS) is 37.5. The Kier molecular flexibility index (Phi) is 11.1. The molecule has 0 saturated heterocycles. The Hall–Kier alpha value is -4.32. The quantitative estimate of drug-likeness (QED) is 0.125. The molecule has 6 nitrogen and oxygen atoms in total. The van der Waals surface area contributed by atoms with Gasteiger partial charge in [-0.05, 0) is 135 Å². The maximum absolute atomic E-state index is 7.33. The van der Waals surface area contributed by atoms with Gasteiger partial charge < -0.3 is 28.4 Å². The van der Waals surface area contributed by atoms with Crippen LogP contribution in [0.15, 0.2) is 84.9 Å². The molecule has 12 rings (SSSR count). The lowest BCUT2D eigenvalue weighted by Crippen LogP contribution is -2.33. The third kappa shape index (κ3) is 7.47. The first kappa shape index (κ1) is 49.6. The maximum atomic E-state index is 7.33. The van der Waals surface area contributed by atoms with Crippen LogP contribution in [0, 0.1) is 69.0 Å². The van der Waals surface area contributed by atoms with Gasteiger partial charge >= 0.3 is 0 Å². The number of hydrogen-bond acceptors (Lipinski definition) is 6. The third-order valence-electron chi connectivity index (χ3n) is 22.8. The standard InChI is InChI=1S/C67H88O6/c1-41-15-31-55-60(7,8)64(55,37-41)70-51-29-27-49(35-53(51)72-66-39-43(3)17-33-57(66)62(66,11)12)68-47-23-19-45(20-24-47)59(5,6)46-21-25-48(26-22-46)69-50-28-30-52(71-65-38-42(2)16-32-56(65)61(65,9)10)54(36-50)73-67-40-44(4)18-34-58(67)63(67,13)14/h19-30,35-36,41-44,55-58H,15-18,31-34,37-40H2,1-14H3. The molecule has 8 aliphatic carbocycles. The summed E-state index contributed by atoms with van der Waals surface area (Å²) in [4.78, 5) is 0. The van der Waals surface area contributed by atoms with Gasteiger partial charge in [-0.25, -0.2) is 0 Å². The summed E-state index contributed by atoms with van der Waals surface area (Å²) < 4.78 is 42.5. The highest BCUT2D eigenvalue weighted by molar-refractivity contribution is 5.52. The largest absolute Gasteiger partial charge is 0.482 e. The number of ether oxygens (including phenoxy) is 6. The van der Waals surface area contributed by atoms with Crippen LogP contribution in [0.1, 0.15) is 185 Å². The van der Waals surface area contributed by atoms with E-state index in [4.69, 9.17) is 28.4 Å². The molecule has 8 fully saturated rings. The predicted molar refractivity (Wildman–Crippen MR) is 293 cm³/mol. The van der Waals surface area contributed by atoms with E-state index in [1.54, 1.807) is 0 Å². The van der Waals surface area contributed by atoms with Crippen molar-refractivity contribution in [3.63, 3.8) is 0 Å². The molecule has 73 heavy (non-hydrogen) atoms. The second-order valence-corrected chi connectivity index (χ2v) is 28.7. The summed E-state index contributed by atoms with van der Waals surface area (Å²) in [6.07, 6.45) is 14.4. The number of fused-ring (bicyclic) bond motifs is 4. The van der Waals surface area contributed by atoms with Gasteiger partial charge in [-0.15, -0.1) is 0 Å². The molecule has 392 valence electrons. The summed E-state index contributed by atoms with van der Waals surface area (Å²) in [7, 11) is 0. The molecule has 0 N–H and O–H groups in total. The molecular formula is C67H88O6. The van der Waals surface area contributed by atoms with Crippen LogP contribution in [-0.2, 0) is 5.41 Å². The summed E-state index contributed by atoms with van der Waals surface area (Å²) in [6, 6.07) is 29.8. The van der Waals surface area contributed by atoms with Gasteiger partial charge in [0.05, 0.1) is 0 Å². The van der Waals surface area contributed by atoms with Crippen LogP contribution in [0.25, 0.3) is 0 Å². The van der Waals surface area contributed by atoms with Gasteiger partial charge in [0.15, 0.2) is 23.0 Å². The Balaban J connectivity index is 0.760. The molecular weight excluding hydrogens is 901 g/mol. The first-order valence-electron chi connectivity index (χ1n) is 29.0. The van der Waals surface area contributed by atoms with E-state index in [9.17, 15) is 0 Å². The minimum Gasteiger partial charge on any atom is -0.482 e. The molecule has 8 aliphatic rings. The molecule has 0 spiro atoms. The molecule has 0 amide bonds. The molecule has 12 atom stereocenters. The monoisotopic (exact) mass is 989 g/mol. The smallest absolute Gasteiger partial charge is 0.165 e. The Morgan fingerprint density at radius 3 is 0.890 bits per heavy atom. The third-order valence-corrected chi connectivity index (χ3v) is 22.8. The van der Waals surface area contributed by atoms with Crippen molar-refractivity contribution in [1.29, 1.82) is 0 Å². The molecule has 0 radical (unpaired) electrons. The Labute approximate surface area is 439 Å². The first-order chi connectivity index (χ1) is 34.4. The van der Waals surface area contributed by atoms with E-state index < -0.39 is 0 Å². The number of hydrogen-bond donors (Lipinski definition) is 0. The van der Waals surface area contributed by atoms with Crippen molar-refractivity contribution < 1.29 is 28.4 Å². The van der Waals surface area contributed by atoms with Crippen molar-refractivity contribution >= 4 is 0 Å². The lowest BCUT2D eigenvalue weighted by molar-refractivity contribution is 0.0574. The molecule has 4 aromatic carbocycles. The van der Waals surface area contributed by atoms with Crippen LogP contribution in [-0.4, -0.2) is 22.4 Å². The molecule has 8 saturated carbocycles. The van der Waals surface area contributed by atoms with Crippen molar-refractivity contribution in [2.75, 3.05) is 0 Å². The zero-order valence-corrected chi connectivity index (χ0v) is 47.1. The fourth-order valence-corrected chi connectivity index (χ4v) is 17.5. The lowest BCUT2D eigenvalue weighted by Gasteiger charge is -2.33. The van der Waals surface area contributed by atoms with Crippen molar-refractivity contribution in [3.05, 3.63) is 96.1 Å². The number of benzene rings is 4. The highest BCUT2D eigenvalue weighted by Gasteiger charge is 2.78. The Morgan fingerprint density at radius 2 is 0.603 bits per heavy atom. The van der Waals surface area contributed by atoms with Crippen molar-refractivity contribution in [3.8, 4) is 46.0 Å². The van der Waals surface area contributed by atoms with E-state index in [2.05, 4.69) is 182 Å². The van der Waals surface area contributed by atoms with Crippen molar-refractivity contribution in [2.45, 2.75) is 202 Å². The van der Waals surface area contributed by atoms with Gasteiger partial charge in [0.2, 0.25) is 0 Å². The second-order valence-electron chi connectivity index (χ2n) is 28.7. The minimum atomic E-state index is -0.264. The van der Waals surface area contributed by atoms with Gasteiger partial charge in [-0.3, -0.25) is 0 Å². The maximum Gasteiger partial charge on any atom is 0.165 e. The van der Waals surface area contributed by atoms with Crippen LogP contribution in [0.4, 0.5) is 0 Å². The van der Waals surface area contributed by atoms with E-state index in [0.717, 1.165) is 71.7 Å². The molecule has 6 heteroatoms. The average molecular weight is 989 g/mol. The SMILES string of the molecule is CC1CCC2C(C)(C)C2(Oc2ccc(Oc3ccc(C(C)(C)c4ccc(Oc5ccc(OC67CC(C)CCC6C7(C)C)c(OC67CC(C)CCC6C7(C)C)c5)cc4)cc3)cc2OC23CC(C)CCC2C3(C)C)C1. The molecule has 0 aliphatic heterocycles. The fourth-order valence-electron chi connectivity index (χ4n) is 17.5. The van der Waals surface area contributed by atoms with E-state index in [0.29, 0.717) is 47.3 Å². The molecule has 4 aromatic rings. The van der Waals surface area contributed by atoms with Crippen molar-refractivity contribution in [2.24, 2.45) is 69.0 Å². The van der Waals surface area contributed by atoms with Gasteiger partial charge in [-0.2, -0.15) is 0 Å². The van der Waals surface area contributed by atoms with Gasteiger partial charge in [0.1, 0.15) is 45.4 Å². The molecule has 12 unspecified atom stereocenters. The van der Waals surface area contributed by atoms with E-state index >= 15 is 0 Å². The molecule has 0 bridgehead atoms. The van der Waals surface area contributed by atoms with Crippen LogP contribution in [0.3, 0.4) is 0 Å². The van der Waals surface area contributed by atoms with E-state index in [1.807, 2.05) is 0 Å². The van der Waals surface area contributed by atoms with Crippen molar-refractivity contribution in [1.82, 2.24) is 0 Å².